The maximum atomic E-state index is 12.0. The number of piperidine rings is 1. The average molecular weight is 259 g/mol. The molecule has 1 aliphatic rings. The van der Waals surface area contributed by atoms with Gasteiger partial charge in [0.2, 0.25) is 11.8 Å². The number of carbonyl (C=O) groups excluding carboxylic acids is 2. The summed E-state index contributed by atoms with van der Waals surface area (Å²) in [7, 11) is 0. The van der Waals surface area contributed by atoms with Crippen molar-refractivity contribution in [1.82, 2.24) is 5.32 Å². The fraction of sp³-hybridized carbons (Fsp3) is 0.500. The molecule has 1 aromatic carbocycles. The molecule has 0 radical (unpaired) electrons. The van der Waals surface area contributed by atoms with Crippen LogP contribution in [0.4, 0.5) is 0 Å². The van der Waals surface area contributed by atoms with Crippen LogP contribution in [-0.4, -0.2) is 11.8 Å². The van der Waals surface area contributed by atoms with Crippen molar-refractivity contribution in [1.29, 1.82) is 0 Å². The van der Waals surface area contributed by atoms with Crippen LogP contribution in [0.15, 0.2) is 12.1 Å². The minimum atomic E-state index is -0.154. The van der Waals surface area contributed by atoms with Crippen molar-refractivity contribution in [3.05, 3.63) is 34.4 Å². The first-order chi connectivity index (χ1) is 8.93. The molecule has 2 atom stereocenters. The monoisotopic (exact) mass is 259 g/mol. The lowest BCUT2D eigenvalue weighted by atomic mass is 9.75. The minimum absolute atomic E-state index is 0.0202. The topological polar surface area (TPSA) is 46.2 Å². The third kappa shape index (κ3) is 2.55. The molecule has 1 N–H and O–H groups in total. The summed E-state index contributed by atoms with van der Waals surface area (Å²) in [6.45, 7) is 8.21. The van der Waals surface area contributed by atoms with Crippen molar-refractivity contribution in [3.8, 4) is 0 Å². The van der Waals surface area contributed by atoms with Gasteiger partial charge in [-0.2, -0.15) is 0 Å². The predicted molar refractivity (Wildman–Crippen MR) is 74.9 cm³/mol. The predicted octanol–water partition coefficient (Wildman–Crippen LogP) is 2.77. The van der Waals surface area contributed by atoms with E-state index in [-0.39, 0.29) is 23.7 Å². The summed E-state index contributed by atoms with van der Waals surface area (Å²) in [4.78, 5) is 23.7. The standard InChI is InChI=1S/C16H21NO2/c1-5-12-13(8-14(18)17-16(12)19)15-10(3)6-9(2)7-11(15)4/h6-7,12-13H,5,8H2,1-4H3,(H,17,18,19). The zero-order valence-electron chi connectivity index (χ0n) is 12.0. The van der Waals surface area contributed by atoms with Gasteiger partial charge < -0.3 is 0 Å². The zero-order valence-corrected chi connectivity index (χ0v) is 12.0. The van der Waals surface area contributed by atoms with Crippen molar-refractivity contribution >= 4 is 11.8 Å². The summed E-state index contributed by atoms with van der Waals surface area (Å²) in [5, 5.41) is 2.45. The van der Waals surface area contributed by atoms with Gasteiger partial charge in [-0.25, -0.2) is 0 Å². The first-order valence-corrected chi connectivity index (χ1v) is 6.85. The van der Waals surface area contributed by atoms with Gasteiger partial charge in [0.1, 0.15) is 0 Å². The number of carbonyl (C=O) groups is 2. The molecule has 2 unspecified atom stereocenters. The Labute approximate surface area is 114 Å². The van der Waals surface area contributed by atoms with Crippen molar-refractivity contribution in [2.75, 3.05) is 0 Å². The Kier molecular flexibility index (Phi) is 3.74. The number of nitrogens with one attached hydrogen (secondary N) is 1. The molecule has 0 bridgehead atoms. The molecular formula is C16H21NO2. The number of benzene rings is 1. The molecule has 1 saturated heterocycles. The summed E-state index contributed by atoms with van der Waals surface area (Å²) in [6.07, 6.45) is 1.17. The Bertz CT molecular complexity index is 511. The molecule has 2 rings (SSSR count). The van der Waals surface area contributed by atoms with Crippen molar-refractivity contribution < 1.29 is 9.59 Å². The van der Waals surface area contributed by atoms with E-state index in [0.29, 0.717) is 6.42 Å². The second-order valence-electron chi connectivity index (χ2n) is 5.55. The Morgan fingerprint density at radius 1 is 1.16 bits per heavy atom. The second-order valence-corrected chi connectivity index (χ2v) is 5.55. The van der Waals surface area contributed by atoms with E-state index in [1.54, 1.807) is 0 Å². The molecule has 2 amide bonds. The molecule has 1 aliphatic heterocycles. The summed E-state index contributed by atoms with van der Waals surface area (Å²) in [5.41, 5.74) is 4.77. The molecular weight excluding hydrogens is 238 g/mol. The van der Waals surface area contributed by atoms with Gasteiger partial charge in [-0.1, -0.05) is 24.6 Å². The lowest BCUT2D eigenvalue weighted by Gasteiger charge is -2.32. The molecule has 3 nitrogen and oxygen atoms in total. The zero-order chi connectivity index (χ0) is 14.2. The Morgan fingerprint density at radius 3 is 2.26 bits per heavy atom. The summed E-state index contributed by atoms with van der Waals surface area (Å²) < 4.78 is 0. The van der Waals surface area contributed by atoms with Crippen LogP contribution in [-0.2, 0) is 9.59 Å². The van der Waals surface area contributed by atoms with Crippen molar-refractivity contribution in [3.63, 3.8) is 0 Å². The highest BCUT2D eigenvalue weighted by Crippen LogP contribution is 2.37. The van der Waals surface area contributed by atoms with E-state index < -0.39 is 0 Å². The highest BCUT2D eigenvalue weighted by molar-refractivity contribution is 6.00. The molecule has 1 heterocycles. The SMILES string of the molecule is CCC1C(=O)NC(=O)CC1c1c(C)cc(C)cc1C. The minimum Gasteiger partial charge on any atom is -0.296 e. The van der Waals surface area contributed by atoms with E-state index >= 15 is 0 Å². The van der Waals surface area contributed by atoms with Gasteiger partial charge in [0.05, 0.1) is 0 Å². The third-order valence-corrected chi connectivity index (χ3v) is 4.04. The van der Waals surface area contributed by atoms with Gasteiger partial charge in [-0.3, -0.25) is 14.9 Å². The van der Waals surface area contributed by atoms with Crippen LogP contribution in [0.2, 0.25) is 0 Å². The molecule has 102 valence electrons. The number of hydrogen-bond donors (Lipinski definition) is 1. The lowest BCUT2D eigenvalue weighted by Crippen LogP contribution is -2.44. The van der Waals surface area contributed by atoms with Crippen LogP contribution in [0.3, 0.4) is 0 Å². The van der Waals surface area contributed by atoms with E-state index in [1.165, 1.54) is 22.3 Å². The summed E-state index contributed by atoms with van der Waals surface area (Å²) in [6, 6.07) is 4.26. The van der Waals surface area contributed by atoms with Crippen molar-refractivity contribution in [2.24, 2.45) is 5.92 Å². The summed E-state index contributed by atoms with van der Waals surface area (Å²) >= 11 is 0. The number of imide groups is 1. The normalized spacial score (nSPS) is 23.4. The van der Waals surface area contributed by atoms with E-state index in [1.807, 2.05) is 6.92 Å². The molecule has 0 spiro atoms. The van der Waals surface area contributed by atoms with E-state index in [2.05, 4.69) is 38.2 Å². The molecule has 1 aromatic rings. The molecule has 0 aliphatic carbocycles. The van der Waals surface area contributed by atoms with Crippen LogP contribution < -0.4 is 5.32 Å². The van der Waals surface area contributed by atoms with Crippen LogP contribution >= 0.6 is 0 Å². The fourth-order valence-electron chi connectivity index (χ4n) is 3.36. The second kappa shape index (κ2) is 5.16. The molecule has 0 aromatic heterocycles. The highest BCUT2D eigenvalue weighted by atomic mass is 16.2. The van der Waals surface area contributed by atoms with E-state index in [0.717, 1.165) is 6.42 Å². The Morgan fingerprint density at radius 2 is 1.74 bits per heavy atom. The van der Waals surface area contributed by atoms with Crippen LogP contribution in [0, 0.1) is 26.7 Å². The highest BCUT2D eigenvalue weighted by Gasteiger charge is 2.36. The first-order valence-electron chi connectivity index (χ1n) is 6.85. The van der Waals surface area contributed by atoms with Gasteiger partial charge in [0, 0.05) is 18.3 Å². The number of amides is 2. The average Bonchev–Trinajstić information content (AvgIpc) is 2.26. The van der Waals surface area contributed by atoms with Gasteiger partial charge in [0.15, 0.2) is 0 Å². The number of hydrogen-bond acceptors (Lipinski definition) is 2. The van der Waals surface area contributed by atoms with Crippen LogP contribution in [0.5, 0.6) is 0 Å². The molecule has 19 heavy (non-hydrogen) atoms. The van der Waals surface area contributed by atoms with Gasteiger partial charge >= 0.3 is 0 Å². The largest absolute Gasteiger partial charge is 0.296 e. The van der Waals surface area contributed by atoms with Gasteiger partial charge in [-0.15, -0.1) is 0 Å². The first kappa shape index (κ1) is 13.8. The molecule has 3 heteroatoms. The maximum absolute atomic E-state index is 12.0. The maximum Gasteiger partial charge on any atom is 0.230 e. The smallest absolute Gasteiger partial charge is 0.230 e. The Balaban J connectivity index is 2.49. The van der Waals surface area contributed by atoms with Gasteiger partial charge in [0.25, 0.3) is 0 Å². The van der Waals surface area contributed by atoms with Gasteiger partial charge in [-0.05, 0) is 43.9 Å². The number of aryl methyl sites for hydroxylation is 3. The van der Waals surface area contributed by atoms with Crippen LogP contribution in [0.25, 0.3) is 0 Å². The third-order valence-electron chi connectivity index (χ3n) is 4.04. The van der Waals surface area contributed by atoms with E-state index in [4.69, 9.17) is 0 Å². The quantitative estimate of drug-likeness (QED) is 0.830. The lowest BCUT2D eigenvalue weighted by molar-refractivity contribution is -0.137. The molecule has 0 saturated carbocycles. The number of rotatable bonds is 2. The Hall–Kier alpha value is -1.64. The van der Waals surface area contributed by atoms with E-state index in [9.17, 15) is 9.59 Å². The fourth-order valence-corrected chi connectivity index (χ4v) is 3.36. The molecule has 1 fully saturated rings. The van der Waals surface area contributed by atoms with Crippen LogP contribution in [0.1, 0.15) is 47.9 Å². The summed E-state index contributed by atoms with van der Waals surface area (Å²) in [5.74, 6) is -0.355. The van der Waals surface area contributed by atoms with Crippen molar-refractivity contribution in [2.45, 2.75) is 46.5 Å².